The summed E-state index contributed by atoms with van der Waals surface area (Å²) >= 11 is 0. The van der Waals surface area contributed by atoms with Crippen molar-refractivity contribution in [3.8, 4) is 5.75 Å². The summed E-state index contributed by atoms with van der Waals surface area (Å²) in [5.74, 6) is 1.08. The Morgan fingerprint density at radius 3 is 2.53 bits per heavy atom. The normalized spacial score (nSPS) is 17.8. The molecule has 0 radical (unpaired) electrons. The first-order chi connectivity index (χ1) is 15.5. The Morgan fingerprint density at radius 2 is 1.81 bits per heavy atom. The zero-order chi connectivity index (χ0) is 22.5. The summed E-state index contributed by atoms with van der Waals surface area (Å²) in [7, 11) is 0. The summed E-state index contributed by atoms with van der Waals surface area (Å²) in [6, 6.07) is 13.2. The van der Waals surface area contributed by atoms with Crippen molar-refractivity contribution in [3.05, 3.63) is 70.5 Å². The summed E-state index contributed by atoms with van der Waals surface area (Å²) in [5, 5.41) is 0. The van der Waals surface area contributed by atoms with Crippen molar-refractivity contribution in [1.29, 1.82) is 0 Å². The molecule has 4 rings (SSSR count). The maximum Gasteiger partial charge on any atom is 0.209 e. The molecular weight excluding hydrogens is 403 g/mol. The summed E-state index contributed by atoms with van der Waals surface area (Å²) in [4.78, 5) is 15.2. The summed E-state index contributed by atoms with van der Waals surface area (Å²) in [5.41, 5.74) is 6.73. The van der Waals surface area contributed by atoms with E-state index in [1.54, 1.807) is 0 Å². The van der Waals surface area contributed by atoms with Crippen molar-refractivity contribution in [2.75, 3.05) is 39.3 Å². The van der Waals surface area contributed by atoms with Crippen molar-refractivity contribution < 1.29 is 13.9 Å². The van der Waals surface area contributed by atoms with E-state index in [1.165, 1.54) is 34.4 Å². The molecular formula is C27H33FN2O2. The molecule has 0 aromatic heterocycles. The number of nitrogens with zero attached hydrogens (tertiary/aromatic N) is 2. The van der Waals surface area contributed by atoms with Gasteiger partial charge >= 0.3 is 0 Å². The molecule has 1 amide bonds. The third-order valence-electron chi connectivity index (χ3n) is 6.71. The van der Waals surface area contributed by atoms with Crippen molar-refractivity contribution in [1.82, 2.24) is 9.80 Å². The summed E-state index contributed by atoms with van der Waals surface area (Å²) < 4.78 is 19.2. The minimum absolute atomic E-state index is 0.195. The van der Waals surface area contributed by atoms with E-state index in [-0.39, 0.29) is 5.82 Å². The fourth-order valence-electron chi connectivity index (χ4n) is 4.71. The average Bonchev–Trinajstić information content (AvgIpc) is 2.81. The Morgan fingerprint density at radius 1 is 1.06 bits per heavy atom. The Bertz CT molecular complexity index is 962. The molecule has 0 bridgehead atoms. The van der Waals surface area contributed by atoms with Crippen LogP contribution >= 0.6 is 0 Å². The van der Waals surface area contributed by atoms with Crippen LogP contribution in [0.15, 0.2) is 48.0 Å². The number of hydrogen-bond acceptors (Lipinski definition) is 3. The van der Waals surface area contributed by atoms with E-state index in [1.807, 2.05) is 17.0 Å². The number of aryl methyl sites for hydroxylation is 1. The van der Waals surface area contributed by atoms with E-state index in [2.05, 4.69) is 36.9 Å². The molecule has 0 saturated carbocycles. The molecule has 2 aromatic carbocycles. The number of benzene rings is 2. The lowest BCUT2D eigenvalue weighted by molar-refractivity contribution is -0.119. The predicted molar refractivity (Wildman–Crippen MR) is 126 cm³/mol. The lowest BCUT2D eigenvalue weighted by atomic mass is 9.86. The number of ether oxygens (including phenoxy) is 1. The Kier molecular flexibility index (Phi) is 7.26. The maximum atomic E-state index is 13.1. The van der Waals surface area contributed by atoms with Crippen LogP contribution in [0.4, 0.5) is 4.39 Å². The first-order valence-corrected chi connectivity index (χ1v) is 11.6. The average molecular weight is 437 g/mol. The van der Waals surface area contributed by atoms with Gasteiger partial charge in [0.1, 0.15) is 11.6 Å². The topological polar surface area (TPSA) is 32.8 Å². The second-order valence-electron chi connectivity index (χ2n) is 9.21. The molecule has 0 spiro atoms. The maximum absolute atomic E-state index is 13.1. The van der Waals surface area contributed by atoms with Gasteiger partial charge in [0, 0.05) is 32.7 Å². The van der Waals surface area contributed by atoms with E-state index in [0.29, 0.717) is 12.5 Å². The molecule has 1 aliphatic carbocycles. The Labute approximate surface area is 190 Å². The van der Waals surface area contributed by atoms with Crippen LogP contribution in [-0.2, 0) is 17.6 Å². The van der Waals surface area contributed by atoms with Crippen LogP contribution < -0.4 is 4.74 Å². The highest BCUT2D eigenvalue weighted by Crippen LogP contribution is 2.34. The van der Waals surface area contributed by atoms with Crippen molar-refractivity contribution in [3.63, 3.8) is 0 Å². The van der Waals surface area contributed by atoms with Gasteiger partial charge in [-0.15, -0.1) is 0 Å². The second-order valence-corrected chi connectivity index (χ2v) is 9.21. The van der Waals surface area contributed by atoms with E-state index < -0.39 is 0 Å². The molecule has 1 fully saturated rings. The van der Waals surface area contributed by atoms with Crippen LogP contribution in [0.5, 0.6) is 5.75 Å². The van der Waals surface area contributed by atoms with E-state index in [9.17, 15) is 9.18 Å². The summed E-state index contributed by atoms with van der Waals surface area (Å²) in [6.45, 7) is 9.59. The highest BCUT2D eigenvalue weighted by molar-refractivity contribution is 5.72. The molecule has 5 heteroatoms. The Hall–Kier alpha value is -2.66. The molecule has 1 saturated heterocycles. The number of hydrogen-bond donors (Lipinski definition) is 0. The zero-order valence-electron chi connectivity index (χ0n) is 19.1. The van der Waals surface area contributed by atoms with Gasteiger partial charge in [0.2, 0.25) is 6.41 Å². The molecule has 0 N–H and O–H groups in total. The van der Waals surface area contributed by atoms with Crippen LogP contribution in [0.1, 0.15) is 37.0 Å². The van der Waals surface area contributed by atoms with Gasteiger partial charge in [-0.05, 0) is 78.6 Å². The molecule has 170 valence electrons. The molecule has 1 heterocycles. The lowest BCUT2D eigenvalue weighted by Gasteiger charge is -2.34. The van der Waals surface area contributed by atoms with Crippen molar-refractivity contribution in [2.24, 2.45) is 5.92 Å². The molecule has 2 aromatic rings. The van der Waals surface area contributed by atoms with Crippen LogP contribution in [0, 0.1) is 11.7 Å². The molecule has 1 aliphatic heterocycles. The lowest BCUT2D eigenvalue weighted by Crippen LogP contribution is -2.46. The number of fused-ring (bicyclic) bond motifs is 1. The summed E-state index contributed by atoms with van der Waals surface area (Å²) in [6.07, 6.45) is 3.95. The highest BCUT2D eigenvalue weighted by Gasteiger charge is 2.21. The number of amides is 1. The quantitative estimate of drug-likeness (QED) is 0.568. The predicted octanol–water partition coefficient (Wildman–Crippen LogP) is 4.58. The van der Waals surface area contributed by atoms with E-state index in [0.717, 1.165) is 69.7 Å². The highest BCUT2D eigenvalue weighted by atomic mass is 19.1. The molecule has 2 aliphatic rings. The van der Waals surface area contributed by atoms with Gasteiger partial charge < -0.3 is 9.64 Å². The zero-order valence-corrected chi connectivity index (χ0v) is 19.1. The standard InChI is InChI=1S/C27H33FN2O2/c1-20(15-22-3-7-25(28)8-4-22)18-32-26-9-10-27-21(2)24(6-5-23(27)16-26)17-29-11-13-30(19-31)14-12-29/h3-4,7-10,16,19-20H,5-6,11-15,17-18H2,1-2H3/t20-/m1/s1. The molecule has 1 atom stereocenters. The minimum Gasteiger partial charge on any atom is -0.493 e. The van der Waals surface area contributed by atoms with Crippen LogP contribution in [-0.4, -0.2) is 55.5 Å². The monoisotopic (exact) mass is 436 g/mol. The van der Waals surface area contributed by atoms with Gasteiger partial charge in [-0.2, -0.15) is 0 Å². The van der Waals surface area contributed by atoms with Crippen LogP contribution in [0.25, 0.3) is 5.57 Å². The van der Waals surface area contributed by atoms with Gasteiger partial charge in [-0.1, -0.05) is 30.7 Å². The molecule has 4 nitrogen and oxygen atoms in total. The fraction of sp³-hybridized carbons (Fsp3) is 0.444. The first kappa shape index (κ1) is 22.5. The van der Waals surface area contributed by atoms with Crippen LogP contribution in [0.2, 0.25) is 0 Å². The number of rotatable bonds is 8. The number of allylic oxidation sites excluding steroid dienone is 1. The van der Waals surface area contributed by atoms with Gasteiger partial charge in [0.05, 0.1) is 6.61 Å². The van der Waals surface area contributed by atoms with Gasteiger partial charge in [0.15, 0.2) is 0 Å². The molecule has 32 heavy (non-hydrogen) atoms. The van der Waals surface area contributed by atoms with E-state index >= 15 is 0 Å². The Balaban J connectivity index is 1.33. The smallest absolute Gasteiger partial charge is 0.209 e. The SMILES string of the molecule is CC1=C(CN2CCN(C=O)CC2)CCc2cc(OC[C@H](C)Cc3ccc(F)cc3)ccc21. The number of halogens is 1. The second kappa shape index (κ2) is 10.3. The number of piperazine rings is 1. The van der Waals surface area contributed by atoms with E-state index in [4.69, 9.17) is 4.74 Å². The van der Waals surface area contributed by atoms with Gasteiger partial charge in [-0.25, -0.2) is 4.39 Å². The number of carbonyl (C=O) groups excluding carboxylic acids is 1. The fourth-order valence-corrected chi connectivity index (χ4v) is 4.71. The first-order valence-electron chi connectivity index (χ1n) is 11.6. The third kappa shape index (κ3) is 5.57. The van der Waals surface area contributed by atoms with Crippen molar-refractivity contribution in [2.45, 2.75) is 33.1 Å². The van der Waals surface area contributed by atoms with Crippen molar-refractivity contribution >= 4 is 12.0 Å². The van der Waals surface area contributed by atoms with Gasteiger partial charge in [-0.3, -0.25) is 9.69 Å². The third-order valence-corrected chi connectivity index (χ3v) is 6.71. The minimum atomic E-state index is -0.195. The molecule has 0 unspecified atom stereocenters. The largest absolute Gasteiger partial charge is 0.493 e. The number of carbonyl (C=O) groups is 1. The van der Waals surface area contributed by atoms with Gasteiger partial charge in [0.25, 0.3) is 0 Å². The van der Waals surface area contributed by atoms with Crippen LogP contribution in [0.3, 0.4) is 0 Å².